The maximum atomic E-state index is 4.75. The predicted octanol–water partition coefficient (Wildman–Crippen LogP) is 5.64. The minimum absolute atomic E-state index is 0.828. The van der Waals surface area contributed by atoms with Gasteiger partial charge in [0, 0.05) is 15.7 Å². The summed E-state index contributed by atoms with van der Waals surface area (Å²) in [6.45, 7) is 0. The Bertz CT molecular complexity index is 750. The Kier molecular flexibility index (Phi) is 4.66. The topological polar surface area (TPSA) is 24.4 Å². The van der Waals surface area contributed by atoms with Gasteiger partial charge < -0.3 is 5.32 Å². The second-order valence-electron chi connectivity index (χ2n) is 4.79. The summed E-state index contributed by atoms with van der Waals surface area (Å²) in [7, 11) is 0. The highest BCUT2D eigenvalue weighted by molar-refractivity contribution is 9.10. The van der Waals surface area contributed by atoms with Crippen molar-refractivity contribution in [3.63, 3.8) is 0 Å². The first-order chi connectivity index (χ1) is 10.8. The molecule has 0 fully saturated rings. The molecule has 3 rings (SSSR count). The summed E-state index contributed by atoms with van der Waals surface area (Å²) >= 11 is 3.45. The lowest BCUT2D eigenvalue weighted by Gasteiger charge is -2.10. The van der Waals surface area contributed by atoms with Crippen LogP contribution in [-0.2, 0) is 0 Å². The van der Waals surface area contributed by atoms with Crippen LogP contribution < -0.4 is 5.32 Å². The third-order valence-electron chi connectivity index (χ3n) is 3.15. The Morgan fingerprint density at radius 2 is 1.32 bits per heavy atom. The normalized spacial score (nSPS) is 11.2. The van der Waals surface area contributed by atoms with Gasteiger partial charge in [0.1, 0.15) is 5.84 Å². The molecule has 0 aromatic heterocycles. The van der Waals surface area contributed by atoms with Gasteiger partial charge in [0.15, 0.2) is 0 Å². The number of benzene rings is 3. The summed E-state index contributed by atoms with van der Waals surface area (Å²) < 4.78 is 1.05. The molecule has 108 valence electrons. The van der Waals surface area contributed by atoms with Crippen LogP contribution in [0.1, 0.15) is 5.56 Å². The third-order valence-corrected chi connectivity index (χ3v) is 3.68. The average Bonchev–Trinajstić information content (AvgIpc) is 2.58. The molecule has 0 amide bonds. The smallest absolute Gasteiger partial charge is 0.138 e. The number of aliphatic imine (C=N–C) groups is 1. The highest BCUT2D eigenvalue weighted by Gasteiger charge is 2.04. The number of para-hydroxylation sites is 1. The summed E-state index contributed by atoms with van der Waals surface area (Å²) in [6.07, 6.45) is 0. The zero-order valence-corrected chi connectivity index (χ0v) is 13.5. The fourth-order valence-electron chi connectivity index (χ4n) is 2.06. The van der Waals surface area contributed by atoms with E-state index in [1.54, 1.807) is 0 Å². The van der Waals surface area contributed by atoms with E-state index in [4.69, 9.17) is 4.99 Å². The molecular formula is C19H15BrN2. The van der Waals surface area contributed by atoms with Crippen LogP contribution in [0.2, 0.25) is 0 Å². The van der Waals surface area contributed by atoms with Crippen molar-refractivity contribution in [3.05, 3.63) is 95.0 Å². The van der Waals surface area contributed by atoms with Crippen molar-refractivity contribution in [3.8, 4) is 0 Å². The van der Waals surface area contributed by atoms with E-state index in [1.807, 2.05) is 84.9 Å². The fraction of sp³-hybridized carbons (Fsp3) is 0. The molecule has 0 saturated carbocycles. The molecule has 3 aromatic carbocycles. The molecule has 3 heteroatoms. The lowest BCUT2D eigenvalue weighted by atomic mass is 10.2. The molecule has 0 atom stereocenters. The van der Waals surface area contributed by atoms with Gasteiger partial charge in [-0.25, -0.2) is 4.99 Å². The zero-order chi connectivity index (χ0) is 15.2. The van der Waals surface area contributed by atoms with Crippen molar-refractivity contribution >= 4 is 33.1 Å². The van der Waals surface area contributed by atoms with Crippen LogP contribution in [0.15, 0.2) is 94.4 Å². The monoisotopic (exact) mass is 350 g/mol. The SMILES string of the molecule is Brc1ccc(N=C(Nc2ccccc2)c2ccccc2)cc1. The maximum Gasteiger partial charge on any atom is 0.138 e. The van der Waals surface area contributed by atoms with E-state index in [-0.39, 0.29) is 0 Å². The van der Waals surface area contributed by atoms with E-state index in [9.17, 15) is 0 Å². The van der Waals surface area contributed by atoms with Crippen molar-refractivity contribution < 1.29 is 0 Å². The molecule has 0 radical (unpaired) electrons. The minimum Gasteiger partial charge on any atom is -0.340 e. The Morgan fingerprint density at radius 1 is 0.727 bits per heavy atom. The summed E-state index contributed by atoms with van der Waals surface area (Å²) in [5, 5.41) is 3.40. The number of hydrogen-bond acceptors (Lipinski definition) is 1. The molecule has 22 heavy (non-hydrogen) atoms. The minimum atomic E-state index is 0.828. The fourth-order valence-corrected chi connectivity index (χ4v) is 2.33. The Morgan fingerprint density at radius 3 is 1.95 bits per heavy atom. The molecule has 3 aromatic rings. The van der Waals surface area contributed by atoms with Crippen molar-refractivity contribution in [2.24, 2.45) is 4.99 Å². The van der Waals surface area contributed by atoms with Crippen LogP contribution in [0.25, 0.3) is 0 Å². The number of amidine groups is 1. The van der Waals surface area contributed by atoms with Crippen LogP contribution in [0, 0.1) is 0 Å². The van der Waals surface area contributed by atoms with Crippen molar-refractivity contribution in [1.82, 2.24) is 0 Å². The van der Waals surface area contributed by atoms with Gasteiger partial charge in [0.2, 0.25) is 0 Å². The second-order valence-corrected chi connectivity index (χ2v) is 5.71. The molecule has 0 unspecified atom stereocenters. The Balaban J connectivity index is 1.97. The molecule has 2 nitrogen and oxygen atoms in total. The van der Waals surface area contributed by atoms with E-state index >= 15 is 0 Å². The van der Waals surface area contributed by atoms with Crippen LogP contribution in [0.4, 0.5) is 11.4 Å². The number of hydrogen-bond donors (Lipinski definition) is 1. The van der Waals surface area contributed by atoms with Crippen LogP contribution in [0.3, 0.4) is 0 Å². The predicted molar refractivity (Wildman–Crippen MR) is 96.8 cm³/mol. The van der Waals surface area contributed by atoms with Gasteiger partial charge in [-0.3, -0.25) is 0 Å². The van der Waals surface area contributed by atoms with E-state index in [1.165, 1.54) is 0 Å². The average molecular weight is 351 g/mol. The van der Waals surface area contributed by atoms with E-state index in [0.29, 0.717) is 0 Å². The highest BCUT2D eigenvalue weighted by atomic mass is 79.9. The van der Waals surface area contributed by atoms with E-state index in [2.05, 4.69) is 21.2 Å². The summed E-state index contributed by atoms with van der Waals surface area (Å²) in [4.78, 5) is 4.75. The first-order valence-corrected chi connectivity index (χ1v) is 7.82. The van der Waals surface area contributed by atoms with Crippen LogP contribution in [0.5, 0.6) is 0 Å². The summed E-state index contributed by atoms with van der Waals surface area (Å²) in [6, 6.07) is 28.1. The Hall–Kier alpha value is -2.39. The molecule has 0 aliphatic carbocycles. The zero-order valence-electron chi connectivity index (χ0n) is 11.9. The molecule has 1 N–H and O–H groups in total. The van der Waals surface area contributed by atoms with Crippen molar-refractivity contribution in [2.75, 3.05) is 5.32 Å². The standard InChI is InChI=1S/C19H15BrN2/c20-16-11-13-18(14-12-16)22-19(15-7-3-1-4-8-15)21-17-9-5-2-6-10-17/h1-14H,(H,21,22). The highest BCUT2D eigenvalue weighted by Crippen LogP contribution is 2.19. The maximum absolute atomic E-state index is 4.75. The summed E-state index contributed by atoms with van der Waals surface area (Å²) in [5.41, 5.74) is 2.97. The second kappa shape index (κ2) is 7.05. The number of nitrogens with zero attached hydrogens (tertiary/aromatic N) is 1. The molecule has 0 aliphatic rings. The van der Waals surface area contributed by atoms with Gasteiger partial charge in [-0.1, -0.05) is 64.5 Å². The molecule has 0 spiro atoms. The molecular weight excluding hydrogens is 336 g/mol. The van der Waals surface area contributed by atoms with Gasteiger partial charge >= 0.3 is 0 Å². The Labute approximate surface area is 138 Å². The van der Waals surface area contributed by atoms with Gasteiger partial charge in [0.05, 0.1) is 5.69 Å². The van der Waals surface area contributed by atoms with E-state index < -0.39 is 0 Å². The number of nitrogens with one attached hydrogen (secondary N) is 1. The number of rotatable bonds is 3. The van der Waals surface area contributed by atoms with Gasteiger partial charge in [-0.05, 0) is 36.4 Å². The van der Waals surface area contributed by atoms with Gasteiger partial charge in [-0.15, -0.1) is 0 Å². The molecule has 0 aliphatic heterocycles. The number of halogens is 1. The van der Waals surface area contributed by atoms with Crippen LogP contribution in [-0.4, -0.2) is 5.84 Å². The van der Waals surface area contributed by atoms with Gasteiger partial charge in [-0.2, -0.15) is 0 Å². The first kappa shape index (κ1) is 14.5. The van der Waals surface area contributed by atoms with Gasteiger partial charge in [0.25, 0.3) is 0 Å². The molecule has 0 bridgehead atoms. The van der Waals surface area contributed by atoms with Crippen molar-refractivity contribution in [2.45, 2.75) is 0 Å². The van der Waals surface area contributed by atoms with Crippen molar-refractivity contribution in [1.29, 1.82) is 0 Å². The molecule has 0 saturated heterocycles. The first-order valence-electron chi connectivity index (χ1n) is 7.03. The largest absolute Gasteiger partial charge is 0.340 e. The third kappa shape index (κ3) is 3.83. The van der Waals surface area contributed by atoms with E-state index in [0.717, 1.165) is 27.2 Å². The quantitative estimate of drug-likeness (QED) is 0.479. The molecule has 0 heterocycles. The summed E-state index contributed by atoms with van der Waals surface area (Å²) in [5.74, 6) is 0.828. The van der Waals surface area contributed by atoms with Crippen LogP contribution >= 0.6 is 15.9 Å². The number of anilines is 1. The lowest BCUT2D eigenvalue weighted by Crippen LogP contribution is -2.13. The lowest BCUT2D eigenvalue weighted by molar-refractivity contribution is 1.46.